The third-order valence-corrected chi connectivity index (χ3v) is 9.32. The topological polar surface area (TPSA) is 122 Å². The van der Waals surface area contributed by atoms with Gasteiger partial charge in [0.15, 0.2) is 0 Å². The van der Waals surface area contributed by atoms with Crippen LogP contribution in [0.1, 0.15) is 43.0 Å². The first-order chi connectivity index (χ1) is 23.8. The summed E-state index contributed by atoms with van der Waals surface area (Å²) in [5.74, 6) is -0.130. The summed E-state index contributed by atoms with van der Waals surface area (Å²) in [5, 5.41) is 15.5. The monoisotopic (exact) mass is 666 g/mol. The molecule has 0 radical (unpaired) electrons. The molecule has 258 valence electrons. The minimum Gasteiger partial charge on any atom is -0.490 e. The summed E-state index contributed by atoms with van der Waals surface area (Å²) < 4.78 is 22.2. The molecule has 12 heteroatoms. The Labute approximate surface area is 287 Å². The van der Waals surface area contributed by atoms with E-state index in [-0.39, 0.29) is 17.8 Å². The normalized spacial score (nSPS) is 20.1. The van der Waals surface area contributed by atoms with Crippen LogP contribution in [0.5, 0.6) is 5.75 Å². The van der Waals surface area contributed by atoms with Crippen molar-refractivity contribution in [1.29, 1.82) is 5.41 Å². The lowest BCUT2D eigenvalue weighted by atomic mass is 10.1. The first-order valence-electron chi connectivity index (χ1n) is 16.9. The summed E-state index contributed by atoms with van der Waals surface area (Å²) in [5.41, 5.74) is 9.05. The maximum atomic E-state index is 12.8. The second kappa shape index (κ2) is 15.1. The van der Waals surface area contributed by atoms with Crippen molar-refractivity contribution in [2.24, 2.45) is 5.10 Å². The molecule has 1 aromatic heterocycles. The molecule has 0 bridgehead atoms. The quantitative estimate of drug-likeness (QED) is 0.154. The zero-order valence-corrected chi connectivity index (χ0v) is 28.7. The Morgan fingerprint density at radius 1 is 1.02 bits per heavy atom. The second-order valence-electron chi connectivity index (χ2n) is 12.6. The number of aryl methyl sites for hydroxylation is 2. The molecule has 2 saturated heterocycles. The predicted octanol–water partition coefficient (Wildman–Crippen LogP) is 4.82. The van der Waals surface area contributed by atoms with Gasteiger partial charge in [-0.15, -0.1) is 0 Å². The molecule has 3 aromatic carbocycles. The van der Waals surface area contributed by atoms with Crippen molar-refractivity contribution in [2.75, 3.05) is 55.7 Å². The Bertz CT molecular complexity index is 1770. The van der Waals surface area contributed by atoms with Crippen LogP contribution in [0.4, 0.5) is 11.4 Å². The summed E-state index contributed by atoms with van der Waals surface area (Å²) in [4.78, 5) is 17.6. The number of nitrogens with zero attached hydrogens (tertiary/aromatic N) is 6. The molecule has 49 heavy (non-hydrogen) atoms. The first kappa shape index (κ1) is 33.9. The van der Waals surface area contributed by atoms with Crippen molar-refractivity contribution in [1.82, 2.24) is 19.8 Å². The lowest BCUT2D eigenvalue weighted by Gasteiger charge is -2.37. The largest absolute Gasteiger partial charge is 0.490 e. The Balaban J connectivity index is 1.04. The van der Waals surface area contributed by atoms with E-state index in [1.165, 1.54) is 11.9 Å². The van der Waals surface area contributed by atoms with Crippen LogP contribution in [0, 0.1) is 19.3 Å². The molecular formula is C37H46N8O4. The highest BCUT2D eigenvalue weighted by atomic mass is 16.8. The van der Waals surface area contributed by atoms with E-state index >= 15 is 0 Å². The zero-order valence-electron chi connectivity index (χ0n) is 28.7. The Morgan fingerprint density at radius 3 is 2.33 bits per heavy atom. The van der Waals surface area contributed by atoms with E-state index < -0.39 is 5.79 Å². The highest BCUT2D eigenvalue weighted by molar-refractivity contribution is 6.14. The summed E-state index contributed by atoms with van der Waals surface area (Å²) >= 11 is 0. The number of hydrazone groups is 1. The number of rotatable bonds is 13. The number of benzene rings is 3. The van der Waals surface area contributed by atoms with Gasteiger partial charge < -0.3 is 34.8 Å². The molecule has 3 heterocycles. The van der Waals surface area contributed by atoms with Crippen LogP contribution in [-0.2, 0) is 15.3 Å². The third kappa shape index (κ3) is 7.40. The van der Waals surface area contributed by atoms with Crippen molar-refractivity contribution >= 4 is 23.8 Å². The Hall–Kier alpha value is -4.94. The van der Waals surface area contributed by atoms with Crippen molar-refractivity contribution in [3.05, 3.63) is 100 Å². The van der Waals surface area contributed by atoms with Gasteiger partial charge >= 0.3 is 5.69 Å². The van der Waals surface area contributed by atoms with Crippen molar-refractivity contribution in [3.8, 4) is 11.4 Å². The van der Waals surface area contributed by atoms with Crippen LogP contribution in [0.25, 0.3) is 5.69 Å². The molecule has 3 atom stereocenters. The van der Waals surface area contributed by atoms with Crippen LogP contribution >= 0.6 is 0 Å². The zero-order chi connectivity index (χ0) is 34.4. The van der Waals surface area contributed by atoms with E-state index in [4.69, 9.17) is 19.6 Å². The van der Waals surface area contributed by atoms with Crippen LogP contribution in [-0.4, -0.2) is 78.8 Å². The molecule has 1 unspecified atom stereocenters. The fourth-order valence-electron chi connectivity index (χ4n) is 6.45. The van der Waals surface area contributed by atoms with Gasteiger partial charge in [-0.25, -0.2) is 14.0 Å². The molecular weight excluding hydrogens is 620 g/mol. The van der Waals surface area contributed by atoms with E-state index in [0.717, 1.165) is 72.6 Å². The van der Waals surface area contributed by atoms with Gasteiger partial charge in [-0.3, -0.25) is 0 Å². The standard InChI is InChI=1S/C37H46N8O4/c1-5-29(4)45-36(46)44(26-41-45)32-13-11-31(12-14-32)42-17-19-43(20-18-42)33-21-27(2)35(28(3)22-33)47-23-34-24-48-37(49-34,25-40-39-16-15-38)30-9-7-6-8-10-30/h6-16,21-22,26,29,34,38,40H,5,17-20,23-25H2,1-4H3/b38-15?,39-16-/t29?,34-,37-/m1/s1. The lowest BCUT2D eigenvalue weighted by molar-refractivity contribution is -0.175. The summed E-state index contributed by atoms with van der Waals surface area (Å²) in [6.07, 6.45) is 4.68. The summed E-state index contributed by atoms with van der Waals surface area (Å²) in [6.45, 7) is 12.9. The molecule has 0 saturated carbocycles. The van der Waals surface area contributed by atoms with E-state index in [1.54, 1.807) is 15.6 Å². The molecule has 4 aromatic rings. The van der Waals surface area contributed by atoms with Crippen molar-refractivity contribution < 1.29 is 14.2 Å². The molecule has 2 fully saturated rings. The van der Waals surface area contributed by atoms with E-state index in [2.05, 4.69) is 70.5 Å². The number of piperazine rings is 1. The number of anilines is 2. The summed E-state index contributed by atoms with van der Waals surface area (Å²) in [7, 11) is 0. The van der Waals surface area contributed by atoms with Gasteiger partial charge in [-0.2, -0.15) is 10.2 Å². The highest BCUT2D eigenvalue weighted by Crippen LogP contribution is 2.35. The van der Waals surface area contributed by atoms with Gasteiger partial charge in [0.25, 0.3) is 0 Å². The molecule has 6 rings (SSSR count). The molecule has 12 nitrogen and oxygen atoms in total. The minimum atomic E-state index is -0.996. The Morgan fingerprint density at radius 2 is 1.67 bits per heavy atom. The molecule has 2 aliphatic heterocycles. The fourth-order valence-corrected chi connectivity index (χ4v) is 6.45. The molecule has 0 spiro atoms. The number of nitrogens with one attached hydrogen (secondary N) is 2. The maximum Gasteiger partial charge on any atom is 0.350 e. The van der Waals surface area contributed by atoms with Crippen LogP contribution < -0.4 is 25.7 Å². The number of hydrogen-bond donors (Lipinski definition) is 2. The summed E-state index contributed by atoms with van der Waals surface area (Å²) in [6, 6.07) is 22.5. The van der Waals surface area contributed by atoms with Gasteiger partial charge in [-0.05, 0) is 74.7 Å². The van der Waals surface area contributed by atoms with Crippen molar-refractivity contribution in [2.45, 2.75) is 52.0 Å². The van der Waals surface area contributed by atoms with Crippen molar-refractivity contribution in [3.63, 3.8) is 0 Å². The molecule has 2 N–H and O–H groups in total. The molecule has 2 aliphatic rings. The van der Waals surface area contributed by atoms with E-state index in [9.17, 15) is 4.79 Å². The average molecular weight is 667 g/mol. The van der Waals surface area contributed by atoms with Crippen LogP contribution in [0.3, 0.4) is 0 Å². The highest BCUT2D eigenvalue weighted by Gasteiger charge is 2.43. The Kier molecular flexibility index (Phi) is 10.4. The number of hydrogen-bond acceptors (Lipinski definition) is 10. The average Bonchev–Trinajstić information content (AvgIpc) is 3.74. The molecule has 0 amide bonds. The first-order valence-corrected chi connectivity index (χ1v) is 16.9. The molecule has 0 aliphatic carbocycles. The third-order valence-electron chi connectivity index (χ3n) is 9.32. The second-order valence-corrected chi connectivity index (χ2v) is 12.6. The maximum absolute atomic E-state index is 12.8. The van der Waals surface area contributed by atoms with Crippen LogP contribution in [0.15, 0.2) is 83.0 Å². The van der Waals surface area contributed by atoms with E-state index in [1.807, 2.05) is 49.4 Å². The predicted molar refractivity (Wildman–Crippen MR) is 193 cm³/mol. The van der Waals surface area contributed by atoms with Crippen LogP contribution in [0.2, 0.25) is 0 Å². The SMILES string of the molecule is CCC(C)n1ncn(-c2ccc(N3CCN(c4cc(C)c(OC[C@@H]5CO[C@@](CN/N=C\C=N)(c6ccccc6)O5)c(C)c4)CC3)cc2)c1=O. The van der Waals surface area contributed by atoms with E-state index in [0.29, 0.717) is 19.8 Å². The smallest absolute Gasteiger partial charge is 0.350 e. The lowest BCUT2D eigenvalue weighted by Crippen LogP contribution is -2.46. The minimum absolute atomic E-state index is 0.0669. The van der Waals surface area contributed by atoms with Gasteiger partial charge in [0.1, 0.15) is 24.8 Å². The fraction of sp³-hybridized carbons (Fsp3) is 0.405. The van der Waals surface area contributed by atoms with Gasteiger partial charge in [0.2, 0.25) is 5.79 Å². The number of ether oxygens (including phenoxy) is 3. The van der Waals surface area contributed by atoms with Gasteiger partial charge in [-0.1, -0.05) is 37.3 Å². The van der Waals surface area contributed by atoms with Gasteiger partial charge in [0.05, 0.1) is 31.1 Å². The van der Waals surface area contributed by atoms with Gasteiger partial charge in [0, 0.05) is 49.3 Å². The number of aromatic nitrogens is 3.